The Bertz CT molecular complexity index is 1180. The van der Waals surface area contributed by atoms with E-state index in [-0.39, 0.29) is 29.8 Å². The van der Waals surface area contributed by atoms with Gasteiger partial charge in [0.25, 0.3) is 11.8 Å². The van der Waals surface area contributed by atoms with Crippen molar-refractivity contribution in [3.63, 3.8) is 0 Å². The molecule has 1 N–H and O–H groups in total. The van der Waals surface area contributed by atoms with Crippen LogP contribution in [-0.4, -0.2) is 92.1 Å². The Balaban J connectivity index is 1.31. The van der Waals surface area contributed by atoms with Gasteiger partial charge in [-0.3, -0.25) is 24.5 Å². The van der Waals surface area contributed by atoms with Gasteiger partial charge in [-0.05, 0) is 44.1 Å². The molecule has 2 atom stereocenters. The quantitative estimate of drug-likeness (QED) is 0.626. The van der Waals surface area contributed by atoms with E-state index < -0.39 is 11.9 Å². The highest BCUT2D eigenvalue weighted by Crippen LogP contribution is 2.29. The number of carbonyl (C=O) groups is 4. The van der Waals surface area contributed by atoms with Crippen molar-refractivity contribution in [2.75, 3.05) is 26.7 Å². The third-order valence-electron chi connectivity index (χ3n) is 7.06. The second-order valence-electron chi connectivity index (χ2n) is 9.06. The lowest BCUT2D eigenvalue weighted by molar-refractivity contribution is -0.136. The van der Waals surface area contributed by atoms with E-state index in [1.54, 1.807) is 17.2 Å². The molecule has 5 rings (SSSR count). The summed E-state index contributed by atoms with van der Waals surface area (Å²) in [4.78, 5) is 55.2. The number of likely N-dealkylation sites (tertiary alicyclic amines) is 1. The fourth-order valence-corrected chi connectivity index (χ4v) is 4.88. The number of amides is 4. The second kappa shape index (κ2) is 8.64. The van der Waals surface area contributed by atoms with Gasteiger partial charge in [0.2, 0.25) is 11.8 Å². The predicted molar refractivity (Wildman–Crippen MR) is 120 cm³/mol. The summed E-state index contributed by atoms with van der Waals surface area (Å²) in [5.41, 5.74) is 2.15. The van der Waals surface area contributed by atoms with Crippen LogP contribution in [0.1, 0.15) is 52.6 Å². The summed E-state index contributed by atoms with van der Waals surface area (Å²) in [5, 5.41) is 10.5. The second-order valence-corrected chi connectivity index (χ2v) is 9.06. The molecule has 0 spiro atoms. The van der Waals surface area contributed by atoms with Gasteiger partial charge in [-0.2, -0.15) is 0 Å². The van der Waals surface area contributed by atoms with Gasteiger partial charge in [0.1, 0.15) is 6.04 Å². The topological polar surface area (TPSA) is 121 Å². The molecule has 2 saturated heterocycles. The maximum absolute atomic E-state index is 13.1. The van der Waals surface area contributed by atoms with Crippen LogP contribution in [0.4, 0.5) is 0 Å². The average Bonchev–Trinajstić information content (AvgIpc) is 3.58. The smallest absolute Gasteiger partial charge is 0.276 e. The monoisotopic (exact) mass is 465 g/mol. The van der Waals surface area contributed by atoms with Gasteiger partial charge in [-0.15, -0.1) is 5.10 Å². The Morgan fingerprint density at radius 2 is 2.06 bits per heavy atom. The van der Waals surface area contributed by atoms with Gasteiger partial charge in [0.05, 0.1) is 11.9 Å². The maximum atomic E-state index is 13.1. The molecule has 1 aromatic carbocycles. The number of aromatic nitrogens is 3. The highest BCUT2D eigenvalue weighted by atomic mass is 16.2. The molecule has 4 heterocycles. The Labute approximate surface area is 196 Å². The molecular weight excluding hydrogens is 438 g/mol. The van der Waals surface area contributed by atoms with Crippen molar-refractivity contribution in [1.82, 2.24) is 35.0 Å². The number of rotatable bonds is 5. The number of hydrogen-bond donors (Lipinski definition) is 1. The molecule has 1 aromatic heterocycles. The molecule has 0 radical (unpaired) electrons. The first-order valence-corrected chi connectivity index (χ1v) is 11.6. The van der Waals surface area contributed by atoms with Gasteiger partial charge in [0, 0.05) is 37.7 Å². The van der Waals surface area contributed by atoms with Gasteiger partial charge < -0.3 is 14.7 Å². The maximum Gasteiger partial charge on any atom is 0.276 e. The lowest BCUT2D eigenvalue weighted by Gasteiger charge is -2.29. The summed E-state index contributed by atoms with van der Waals surface area (Å²) in [6.07, 6.45) is 3.04. The number of nitrogens with zero attached hydrogens (tertiary/aromatic N) is 6. The molecule has 4 amide bonds. The summed E-state index contributed by atoms with van der Waals surface area (Å²) in [7, 11) is 2.06. The summed E-state index contributed by atoms with van der Waals surface area (Å²) in [6.45, 7) is 4.69. The van der Waals surface area contributed by atoms with Crippen molar-refractivity contribution >= 4 is 23.6 Å². The largest absolute Gasteiger partial charge is 0.336 e. The highest BCUT2D eigenvalue weighted by Gasteiger charge is 2.39. The molecule has 11 nitrogen and oxygen atoms in total. The minimum absolute atomic E-state index is 0.153. The van der Waals surface area contributed by atoms with Crippen LogP contribution >= 0.6 is 0 Å². The van der Waals surface area contributed by atoms with Crippen molar-refractivity contribution in [2.24, 2.45) is 0 Å². The fourth-order valence-electron chi connectivity index (χ4n) is 4.88. The number of piperidine rings is 1. The van der Waals surface area contributed by atoms with Crippen molar-refractivity contribution in [2.45, 2.75) is 44.8 Å². The minimum atomic E-state index is -0.660. The van der Waals surface area contributed by atoms with E-state index in [4.69, 9.17) is 0 Å². The van der Waals surface area contributed by atoms with Crippen LogP contribution in [0, 0.1) is 0 Å². The van der Waals surface area contributed by atoms with Gasteiger partial charge >= 0.3 is 0 Å². The standard InChI is InChI=1S/C23H27N7O4/c1-3-27(2)16-8-9-28(12-16)23(34)18-13-30(26-25-18)15-5-4-14-11-29(22(33)17(14)10-15)19-6-7-20(31)24-21(19)32/h4-5,10,13,16,19H,3,6-9,11-12H2,1-2H3,(H,24,31,32). The SMILES string of the molecule is CCN(C)C1CCN(C(=O)c2cn(-c3ccc4c(c3)C(=O)N(C3CCC(=O)NC3=O)C4)nn2)C1. The van der Waals surface area contributed by atoms with E-state index >= 15 is 0 Å². The molecule has 3 aliphatic rings. The van der Waals surface area contributed by atoms with E-state index in [9.17, 15) is 19.2 Å². The zero-order valence-electron chi connectivity index (χ0n) is 19.2. The van der Waals surface area contributed by atoms with E-state index in [0.29, 0.717) is 43.3 Å². The Morgan fingerprint density at radius 3 is 2.82 bits per heavy atom. The van der Waals surface area contributed by atoms with Crippen LogP contribution in [0.2, 0.25) is 0 Å². The summed E-state index contributed by atoms with van der Waals surface area (Å²) in [5.74, 6) is -1.16. The van der Waals surface area contributed by atoms with Crippen LogP contribution in [0.25, 0.3) is 5.69 Å². The zero-order valence-corrected chi connectivity index (χ0v) is 19.2. The van der Waals surface area contributed by atoms with E-state index in [0.717, 1.165) is 18.5 Å². The zero-order chi connectivity index (χ0) is 24.0. The van der Waals surface area contributed by atoms with E-state index in [1.165, 1.54) is 9.58 Å². The molecule has 0 bridgehead atoms. The van der Waals surface area contributed by atoms with Gasteiger partial charge in [-0.25, -0.2) is 4.68 Å². The lowest BCUT2D eigenvalue weighted by Crippen LogP contribution is -2.52. The first-order valence-electron chi connectivity index (χ1n) is 11.6. The van der Waals surface area contributed by atoms with Crippen LogP contribution in [0.5, 0.6) is 0 Å². The number of nitrogens with one attached hydrogen (secondary N) is 1. The van der Waals surface area contributed by atoms with Crippen molar-refractivity contribution in [3.8, 4) is 5.69 Å². The lowest BCUT2D eigenvalue weighted by atomic mass is 10.0. The van der Waals surface area contributed by atoms with E-state index in [1.807, 2.05) is 12.1 Å². The third-order valence-corrected chi connectivity index (χ3v) is 7.06. The molecule has 11 heteroatoms. The molecule has 3 aliphatic heterocycles. The number of fused-ring (bicyclic) bond motifs is 1. The van der Waals surface area contributed by atoms with Gasteiger partial charge in [-0.1, -0.05) is 18.2 Å². The average molecular weight is 466 g/mol. The normalized spacial score (nSPS) is 22.5. The fraction of sp³-hybridized carbons (Fsp3) is 0.478. The van der Waals surface area contributed by atoms with E-state index in [2.05, 4.69) is 34.5 Å². The molecule has 0 saturated carbocycles. The number of carbonyl (C=O) groups excluding carboxylic acids is 4. The molecule has 0 aliphatic carbocycles. The highest BCUT2D eigenvalue weighted by molar-refractivity contribution is 6.05. The number of likely N-dealkylation sites (N-methyl/N-ethyl adjacent to an activating group) is 1. The first kappa shape index (κ1) is 22.2. The Kier molecular flexibility index (Phi) is 5.64. The molecule has 2 fully saturated rings. The summed E-state index contributed by atoms with van der Waals surface area (Å²) in [6, 6.07) is 5.02. The van der Waals surface area contributed by atoms with Crippen molar-refractivity contribution in [3.05, 3.63) is 41.2 Å². The van der Waals surface area contributed by atoms with Crippen LogP contribution < -0.4 is 5.32 Å². The van der Waals surface area contributed by atoms with Crippen LogP contribution in [0.3, 0.4) is 0 Å². The predicted octanol–water partition coefficient (Wildman–Crippen LogP) is 0.195. The molecule has 178 valence electrons. The number of imide groups is 1. The summed E-state index contributed by atoms with van der Waals surface area (Å²) < 4.78 is 1.49. The Hall–Kier alpha value is -3.60. The number of hydrogen-bond acceptors (Lipinski definition) is 7. The van der Waals surface area contributed by atoms with Crippen molar-refractivity contribution in [1.29, 1.82) is 0 Å². The number of benzene rings is 1. The summed E-state index contributed by atoms with van der Waals surface area (Å²) >= 11 is 0. The first-order chi connectivity index (χ1) is 16.4. The molecular formula is C23H27N7O4. The molecule has 34 heavy (non-hydrogen) atoms. The van der Waals surface area contributed by atoms with Crippen molar-refractivity contribution < 1.29 is 19.2 Å². The van der Waals surface area contributed by atoms with Crippen LogP contribution in [0.15, 0.2) is 24.4 Å². The third kappa shape index (κ3) is 3.85. The Morgan fingerprint density at radius 1 is 1.24 bits per heavy atom. The van der Waals surface area contributed by atoms with Gasteiger partial charge in [0.15, 0.2) is 5.69 Å². The van der Waals surface area contributed by atoms with Crippen LogP contribution in [-0.2, 0) is 16.1 Å². The molecule has 2 unspecified atom stereocenters. The minimum Gasteiger partial charge on any atom is -0.336 e. The molecule has 2 aromatic rings.